The topological polar surface area (TPSA) is 81.8 Å². The fraction of sp³-hybridized carbons (Fsp3) is 0.591. The van der Waals surface area contributed by atoms with Gasteiger partial charge in [0.1, 0.15) is 0 Å². The Bertz CT molecular complexity index is 699. The summed E-state index contributed by atoms with van der Waals surface area (Å²) >= 11 is 0. The first-order valence-electron chi connectivity index (χ1n) is 10.9. The van der Waals surface area contributed by atoms with Crippen molar-refractivity contribution in [3.05, 3.63) is 24.3 Å². The monoisotopic (exact) mass is 400 g/mol. The number of unbranched alkanes of at least 4 members (excludes halogenated alkanes) is 3. The Morgan fingerprint density at radius 3 is 2.38 bits per heavy atom. The van der Waals surface area contributed by atoms with E-state index in [-0.39, 0.29) is 11.9 Å². The van der Waals surface area contributed by atoms with Crippen molar-refractivity contribution in [3.63, 3.8) is 0 Å². The van der Waals surface area contributed by atoms with E-state index >= 15 is 0 Å². The van der Waals surface area contributed by atoms with Gasteiger partial charge >= 0.3 is 6.03 Å². The van der Waals surface area contributed by atoms with E-state index in [1.807, 2.05) is 29.2 Å². The van der Waals surface area contributed by atoms with Crippen LogP contribution in [0.3, 0.4) is 0 Å². The van der Waals surface area contributed by atoms with Gasteiger partial charge in [-0.25, -0.2) is 4.79 Å². The molecule has 2 saturated heterocycles. The number of piperidine rings is 1. The number of urea groups is 1. The van der Waals surface area contributed by atoms with Crippen LogP contribution in [0.4, 0.5) is 16.2 Å². The molecule has 7 heteroatoms. The van der Waals surface area contributed by atoms with Crippen LogP contribution in [0.15, 0.2) is 24.3 Å². The van der Waals surface area contributed by atoms with Crippen LogP contribution in [0.1, 0.15) is 57.8 Å². The van der Waals surface area contributed by atoms with Crippen molar-refractivity contribution in [2.45, 2.75) is 57.8 Å². The third-order valence-electron chi connectivity index (χ3n) is 5.59. The minimum atomic E-state index is -0.360. The summed E-state index contributed by atoms with van der Waals surface area (Å²) < 4.78 is 0. The molecule has 0 unspecified atom stereocenters. The number of nitrogens with one attached hydrogen (secondary N) is 2. The number of amides is 4. The van der Waals surface area contributed by atoms with Gasteiger partial charge in [-0.15, -0.1) is 0 Å². The van der Waals surface area contributed by atoms with Crippen LogP contribution in [0, 0.1) is 0 Å². The van der Waals surface area contributed by atoms with Crippen LogP contribution in [-0.4, -0.2) is 48.9 Å². The molecule has 1 aromatic carbocycles. The van der Waals surface area contributed by atoms with Gasteiger partial charge < -0.3 is 10.2 Å². The summed E-state index contributed by atoms with van der Waals surface area (Å²) in [6.45, 7) is 3.19. The summed E-state index contributed by atoms with van der Waals surface area (Å²) in [5, 5.41) is 5.73. The van der Waals surface area contributed by atoms with Crippen molar-refractivity contribution in [2.75, 3.05) is 36.4 Å². The third kappa shape index (κ3) is 6.48. The van der Waals surface area contributed by atoms with E-state index in [1.54, 1.807) is 4.90 Å². The number of hydrogen-bond donors (Lipinski definition) is 2. The van der Waals surface area contributed by atoms with Crippen molar-refractivity contribution in [1.82, 2.24) is 10.2 Å². The first-order chi connectivity index (χ1) is 14.1. The molecule has 0 atom stereocenters. The third-order valence-corrected chi connectivity index (χ3v) is 5.59. The summed E-state index contributed by atoms with van der Waals surface area (Å²) in [7, 11) is 0. The van der Waals surface area contributed by atoms with Crippen molar-refractivity contribution < 1.29 is 14.4 Å². The molecule has 0 aromatic heterocycles. The van der Waals surface area contributed by atoms with Crippen molar-refractivity contribution in [3.8, 4) is 0 Å². The zero-order valence-corrected chi connectivity index (χ0v) is 17.1. The minimum absolute atomic E-state index is 0.222. The zero-order chi connectivity index (χ0) is 20.5. The fourth-order valence-electron chi connectivity index (χ4n) is 3.86. The lowest BCUT2D eigenvalue weighted by atomic mass is 10.1. The number of benzene rings is 1. The molecule has 0 saturated carbocycles. The Balaban J connectivity index is 1.27. The van der Waals surface area contributed by atoms with Crippen LogP contribution in [0.2, 0.25) is 0 Å². The highest BCUT2D eigenvalue weighted by Gasteiger charge is 2.23. The minimum Gasteiger partial charge on any atom is -0.385 e. The SMILES string of the molecule is O=C1CCN(c2ccc(NCCCCCCC(=O)N3CCCCC3)cc2)C(=O)N1. The molecule has 0 bridgehead atoms. The van der Waals surface area contributed by atoms with E-state index in [0.29, 0.717) is 25.3 Å². The van der Waals surface area contributed by atoms with E-state index in [1.165, 1.54) is 6.42 Å². The molecule has 0 spiro atoms. The predicted molar refractivity (Wildman–Crippen MR) is 114 cm³/mol. The Morgan fingerprint density at radius 1 is 0.931 bits per heavy atom. The lowest BCUT2D eigenvalue weighted by Crippen LogP contribution is -2.49. The smallest absolute Gasteiger partial charge is 0.328 e. The number of hydrogen-bond acceptors (Lipinski definition) is 4. The number of imide groups is 1. The summed E-state index contributed by atoms with van der Waals surface area (Å²) in [6, 6.07) is 7.33. The Labute approximate surface area is 172 Å². The fourth-order valence-corrected chi connectivity index (χ4v) is 3.86. The van der Waals surface area contributed by atoms with Gasteiger partial charge in [0.2, 0.25) is 11.8 Å². The Morgan fingerprint density at radius 2 is 1.66 bits per heavy atom. The van der Waals surface area contributed by atoms with Gasteiger partial charge in [-0.05, 0) is 56.4 Å². The van der Waals surface area contributed by atoms with E-state index in [2.05, 4.69) is 10.6 Å². The highest BCUT2D eigenvalue weighted by molar-refractivity contribution is 6.05. The lowest BCUT2D eigenvalue weighted by Gasteiger charge is -2.26. The number of carbonyl (C=O) groups excluding carboxylic acids is 3. The quantitative estimate of drug-likeness (QED) is 0.622. The molecule has 0 aliphatic carbocycles. The van der Waals surface area contributed by atoms with Crippen molar-refractivity contribution in [1.29, 1.82) is 0 Å². The summed E-state index contributed by atoms with van der Waals surface area (Å²) in [5.74, 6) is 0.107. The maximum atomic E-state index is 12.1. The largest absolute Gasteiger partial charge is 0.385 e. The number of rotatable bonds is 9. The van der Waals surface area contributed by atoms with Crippen molar-refractivity contribution >= 4 is 29.2 Å². The van der Waals surface area contributed by atoms with E-state index in [4.69, 9.17) is 0 Å². The Kier molecular flexibility index (Phi) is 7.90. The zero-order valence-electron chi connectivity index (χ0n) is 17.1. The van der Waals surface area contributed by atoms with Gasteiger partial charge in [0.15, 0.2) is 0 Å². The van der Waals surface area contributed by atoms with Crippen molar-refractivity contribution in [2.24, 2.45) is 0 Å². The molecule has 7 nitrogen and oxygen atoms in total. The summed E-state index contributed by atoms with van der Waals surface area (Å²) in [5.41, 5.74) is 1.81. The van der Waals surface area contributed by atoms with E-state index in [0.717, 1.165) is 69.5 Å². The molecule has 2 aliphatic rings. The maximum absolute atomic E-state index is 12.1. The normalized spacial score (nSPS) is 17.2. The molecular weight excluding hydrogens is 368 g/mol. The molecular formula is C22H32N4O3. The van der Waals surface area contributed by atoms with Crippen LogP contribution >= 0.6 is 0 Å². The Hall–Kier alpha value is -2.57. The second kappa shape index (κ2) is 10.8. The van der Waals surface area contributed by atoms with Gasteiger partial charge in [-0.3, -0.25) is 19.8 Å². The van der Waals surface area contributed by atoms with Crippen LogP contribution in [0.25, 0.3) is 0 Å². The van der Waals surface area contributed by atoms with Gasteiger partial charge in [0.05, 0.1) is 0 Å². The number of likely N-dealkylation sites (tertiary alicyclic amines) is 1. The highest BCUT2D eigenvalue weighted by atomic mass is 16.2. The maximum Gasteiger partial charge on any atom is 0.328 e. The molecule has 158 valence electrons. The summed E-state index contributed by atoms with van der Waals surface area (Å²) in [6.07, 6.45) is 8.82. The predicted octanol–water partition coefficient (Wildman–Crippen LogP) is 3.51. The van der Waals surface area contributed by atoms with E-state index < -0.39 is 0 Å². The molecule has 2 aliphatic heterocycles. The molecule has 3 rings (SSSR count). The van der Waals surface area contributed by atoms with Crippen LogP contribution < -0.4 is 15.5 Å². The molecule has 2 N–H and O–H groups in total. The number of nitrogens with zero attached hydrogens (tertiary/aromatic N) is 2. The molecule has 2 heterocycles. The first kappa shape index (κ1) is 21.1. The molecule has 0 radical (unpaired) electrons. The average Bonchev–Trinajstić information content (AvgIpc) is 2.74. The molecule has 4 amide bonds. The second-order valence-corrected chi connectivity index (χ2v) is 7.83. The first-order valence-corrected chi connectivity index (χ1v) is 10.9. The van der Waals surface area contributed by atoms with Gasteiger partial charge in [0.25, 0.3) is 0 Å². The molecule has 1 aromatic rings. The molecule has 29 heavy (non-hydrogen) atoms. The average molecular weight is 401 g/mol. The van der Waals surface area contributed by atoms with Gasteiger partial charge in [-0.1, -0.05) is 12.8 Å². The molecule has 2 fully saturated rings. The number of carbonyl (C=O) groups is 3. The lowest BCUT2D eigenvalue weighted by molar-refractivity contribution is -0.132. The van der Waals surface area contributed by atoms with Crippen LogP contribution in [-0.2, 0) is 9.59 Å². The van der Waals surface area contributed by atoms with Gasteiger partial charge in [-0.2, -0.15) is 0 Å². The standard InChI is InChI=1S/C22H32N4O3/c27-20-13-17-26(22(29)24-20)19-11-9-18(10-12-19)23-14-5-2-1-4-8-21(28)25-15-6-3-7-16-25/h9-12,23H,1-8,13-17H2,(H,24,27,29). The van der Waals surface area contributed by atoms with Crippen LogP contribution in [0.5, 0.6) is 0 Å². The van der Waals surface area contributed by atoms with E-state index in [9.17, 15) is 14.4 Å². The number of anilines is 2. The highest BCUT2D eigenvalue weighted by Crippen LogP contribution is 2.20. The second-order valence-electron chi connectivity index (χ2n) is 7.83. The van der Waals surface area contributed by atoms with Gasteiger partial charge in [0, 0.05) is 50.4 Å². The summed E-state index contributed by atoms with van der Waals surface area (Å²) in [4.78, 5) is 38.8.